The van der Waals surface area contributed by atoms with Gasteiger partial charge in [0.15, 0.2) is 10.6 Å². The number of H-pyrrole nitrogens is 1. The third kappa shape index (κ3) is 4.51. The number of nitrogens with zero attached hydrogens (tertiary/aromatic N) is 4. The first-order valence-electron chi connectivity index (χ1n) is 9.98. The van der Waals surface area contributed by atoms with Crippen LogP contribution in [0.5, 0.6) is 5.75 Å². The zero-order chi connectivity index (χ0) is 21.8. The number of hydrogen-bond donors (Lipinski definition) is 1. The van der Waals surface area contributed by atoms with Crippen LogP contribution in [0.25, 0.3) is 11.4 Å². The van der Waals surface area contributed by atoms with Crippen LogP contribution in [0.3, 0.4) is 0 Å². The number of aromatic nitrogens is 3. The Morgan fingerprint density at radius 2 is 1.65 bits per heavy atom. The smallest absolute Gasteiger partial charge is 0.253 e. The Kier molecular flexibility index (Phi) is 6.13. The number of hydrogen-bond acceptors (Lipinski definition) is 5. The van der Waals surface area contributed by atoms with Gasteiger partial charge in [0.2, 0.25) is 5.91 Å². The van der Waals surface area contributed by atoms with Gasteiger partial charge < -0.3 is 14.5 Å². The predicted octanol–water partition coefficient (Wildman–Crippen LogP) is 2.60. The van der Waals surface area contributed by atoms with Crippen molar-refractivity contribution in [3.63, 3.8) is 0 Å². The van der Waals surface area contributed by atoms with Gasteiger partial charge in [0, 0.05) is 37.3 Å². The lowest BCUT2D eigenvalue weighted by Gasteiger charge is -2.35. The fraction of sp³-hybridized carbons (Fsp3) is 0.273. The number of carbonyl (C=O) groups excluding carboxylic acids is 2. The van der Waals surface area contributed by atoms with Crippen molar-refractivity contribution >= 4 is 24.0 Å². The first kappa shape index (κ1) is 20.8. The number of nitrogens with one attached hydrogen (secondary N) is 1. The van der Waals surface area contributed by atoms with Crippen molar-refractivity contribution in [2.24, 2.45) is 0 Å². The van der Waals surface area contributed by atoms with Crippen molar-refractivity contribution < 1.29 is 14.3 Å². The van der Waals surface area contributed by atoms with E-state index in [9.17, 15) is 9.59 Å². The summed E-state index contributed by atoms with van der Waals surface area (Å²) in [6, 6.07) is 16.6. The van der Waals surface area contributed by atoms with E-state index in [1.165, 1.54) is 0 Å². The average Bonchev–Trinajstić information content (AvgIpc) is 3.19. The van der Waals surface area contributed by atoms with Gasteiger partial charge in [0.25, 0.3) is 5.91 Å². The van der Waals surface area contributed by atoms with Crippen LogP contribution >= 0.6 is 12.2 Å². The second kappa shape index (κ2) is 9.13. The predicted molar refractivity (Wildman–Crippen MR) is 118 cm³/mol. The van der Waals surface area contributed by atoms with Gasteiger partial charge in [-0.25, -0.2) is 0 Å². The molecule has 160 valence electrons. The Bertz CT molecular complexity index is 1120. The normalized spacial score (nSPS) is 13.8. The molecule has 2 aromatic carbocycles. The minimum absolute atomic E-state index is 0.00783. The summed E-state index contributed by atoms with van der Waals surface area (Å²) >= 11 is 5.34. The minimum Gasteiger partial charge on any atom is -0.497 e. The second-order valence-corrected chi connectivity index (χ2v) is 7.59. The molecule has 1 aliphatic heterocycles. The number of piperazine rings is 1. The summed E-state index contributed by atoms with van der Waals surface area (Å²) in [5.41, 5.74) is 1.50. The quantitative estimate of drug-likeness (QED) is 0.621. The van der Waals surface area contributed by atoms with E-state index in [0.717, 1.165) is 11.3 Å². The Hall–Kier alpha value is -3.46. The lowest BCUT2D eigenvalue weighted by atomic mass is 10.2. The molecular formula is C22H23N5O3S. The first-order chi connectivity index (χ1) is 15.1. The fourth-order valence-corrected chi connectivity index (χ4v) is 3.78. The molecule has 3 aromatic rings. The van der Waals surface area contributed by atoms with Gasteiger partial charge in [-0.3, -0.25) is 19.3 Å². The molecule has 0 radical (unpaired) electrons. The number of carbonyl (C=O) groups is 2. The number of methoxy groups -OCH3 is 1. The molecule has 2 amide bonds. The largest absolute Gasteiger partial charge is 0.497 e. The van der Waals surface area contributed by atoms with Gasteiger partial charge >= 0.3 is 0 Å². The summed E-state index contributed by atoms with van der Waals surface area (Å²) in [6.45, 7) is 2.06. The van der Waals surface area contributed by atoms with Crippen LogP contribution in [-0.2, 0) is 11.3 Å². The number of amides is 2. The van der Waals surface area contributed by atoms with Gasteiger partial charge in [0.05, 0.1) is 7.11 Å². The number of ether oxygens (including phenoxy) is 1. The first-order valence-corrected chi connectivity index (χ1v) is 10.4. The maximum atomic E-state index is 12.9. The monoisotopic (exact) mass is 437 g/mol. The third-order valence-corrected chi connectivity index (χ3v) is 5.65. The summed E-state index contributed by atoms with van der Waals surface area (Å²) in [6.07, 6.45) is 0. The van der Waals surface area contributed by atoms with Crippen molar-refractivity contribution in [1.29, 1.82) is 0 Å². The van der Waals surface area contributed by atoms with E-state index in [1.807, 2.05) is 42.5 Å². The van der Waals surface area contributed by atoms with E-state index >= 15 is 0 Å². The van der Waals surface area contributed by atoms with E-state index in [0.29, 0.717) is 42.3 Å². The summed E-state index contributed by atoms with van der Waals surface area (Å²) in [5.74, 6) is 1.27. The third-order valence-electron chi connectivity index (χ3n) is 5.34. The van der Waals surface area contributed by atoms with Crippen molar-refractivity contribution in [3.05, 3.63) is 64.9 Å². The van der Waals surface area contributed by atoms with Crippen LogP contribution < -0.4 is 4.74 Å². The lowest BCUT2D eigenvalue weighted by molar-refractivity contribution is -0.133. The molecule has 1 aliphatic rings. The molecule has 0 aliphatic carbocycles. The fourth-order valence-electron chi connectivity index (χ4n) is 3.58. The standard InChI is InChI=1S/C22H23N5O3S/c1-30-18-9-7-16(8-10-18)20-23-24-22(31)27(20)15-19(28)25-11-13-26(14-12-25)21(29)17-5-3-2-4-6-17/h2-10H,11-15H2,1H3,(H,24,31). The molecule has 1 aromatic heterocycles. The SMILES string of the molecule is COc1ccc(-c2n[nH]c(=S)n2CC(=O)N2CCN(C(=O)c3ccccc3)CC2)cc1. The summed E-state index contributed by atoms with van der Waals surface area (Å²) in [5, 5.41) is 7.06. The highest BCUT2D eigenvalue weighted by molar-refractivity contribution is 7.71. The highest BCUT2D eigenvalue weighted by Crippen LogP contribution is 2.21. The van der Waals surface area contributed by atoms with Crippen LogP contribution in [0.4, 0.5) is 0 Å². The number of benzene rings is 2. The van der Waals surface area contributed by atoms with E-state index in [2.05, 4.69) is 10.2 Å². The van der Waals surface area contributed by atoms with Crippen LogP contribution in [0.2, 0.25) is 0 Å². The summed E-state index contributed by atoms with van der Waals surface area (Å²) in [4.78, 5) is 29.1. The molecule has 31 heavy (non-hydrogen) atoms. The Balaban J connectivity index is 1.41. The molecule has 0 bridgehead atoms. The Labute approximate surface area is 185 Å². The van der Waals surface area contributed by atoms with Crippen molar-refractivity contribution in [2.75, 3.05) is 33.3 Å². The Morgan fingerprint density at radius 3 is 2.29 bits per heavy atom. The average molecular weight is 438 g/mol. The van der Waals surface area contributed by atoms with Gasteiger partial charge in [-0.2, -0.15) is 5.10 Å². The minimum atomic E-state index is -0.0564. The van der Waals surface area contributed by atoms with Crippen LogP contribution in [0.1, 0.15) is 10.4 Å². The zero-order valence-electron chi connectivity index (χ0n) is 17.2. The van der Waals surface area contributed by atoms with Crippen LogP contribution in [-0.4, -0.2) is 69.7 Å². The van der Waals surface area contributed by atoms with E-state index < -0.39 is 0 Å². The molecule has 2 heterocycles. The molecule has 0 spiro atoms. The van der Waals surface area contributed by atoms with Gasteiger partial charge in [-0.05, 0) is 48.6 Å². The van der Waals surface area contributed by atoms with Gasteiger partial charge in [-0.1, -0.05) is 18.2 Å². The van der Waals surface area contributed by atoms with Gasteiger partial charge in [-0.15, -0.1) is 0 Å². The van der Waals surface area contributed by atoms with Gasteiger partial charge in [0.1, 0.15) is 12.3 Å². The molecule has 0 atom stereocenters. The van der Waals surface area contributed by atoms with E-state index in [-0.39, 0.29) is 18.4 Å². The molecular weight excluding hydrogens is 414 g/mol. The summed E-state index contributed by atoms with van der Waals surface area (Å²) in [7, 11) is 1.61. The second-order valence-electron chi connectivity index (χ2n) is 7.21. The zero-order valence-corrected chi connectivity index (χ0v) is 18.0. The maximum Gasteiger partial charge on any atom is 0.253 e. The molecule has 0 saturated carbocycles. The molecule has 4 rings (SSSR count). The molecule has 8 nitrogen and oxygen atoms in total. The van der Waals surface area contributed by atoms with E-state index in [4.69, 9.17) is 17.0 Å². The Morgan fingerprint density at radius 1 is 1.00 bits per heavy atom. The summed E-state index contributed by atoms with van der Waals surface area (Å²) < 4.78 is 7.28. The highest BCUT2D eigenvalue weighted by atomic mass is 32.1. The number of rotatable bonds is 5. The molecule has 1 fully saturated rings. The lowest BCUT2D eigenvalue weighted by Crippen LogP contribution is -2.51. The van der Waals surface area contributed by atoms with Crippen LogP contribution in [0, 0.1) is 4.77 Å². The van der Waals surface area contributed by atoms with Crippen molar-refractivity contribution in [1.82, 2.24) is 24.6 Å². The molecule has 1 N–H and O–H groups in total. The van der Waals surface area contributed by atoms with Crippen LogP contribution in [0.15, 0.2) is 54.6 Å². The highest BCUT2D eigenvalue weighted by Gasteiger charge is 2.25. The number of aromatic amines is 1. The molecule has 9 heteroatoms. The topological polar surface area (TPSA) is 83.5 Å². The van der Waals surface area contributed by atoms with Crippen molar-refractivity contribution in [3.8, 4) is 17.1 Å². The van der Waals surface area contributed by atoms with Crippen molar-refractivity contribution in [2.45, 2.75) is 6.54 Å². The maximum absolute atomic E-state index is 12.9. The molecule has 1 saturated heterocycles. The molecule has 0 unspecified atom stereocenters. The van der Waals surface area contributed by atoms with E-state index in [1.54, 1.807) is 33.6 Å².